The van der Waals surface area contributed by atoms with Gasteiger partial charge in [-0.2, -0.15) is 5.10 Å². The molecule has 1 aliphatic heterocycles. The number of amides is 2. The van der Waals surface area contributed by atoms with Crippen LogP contribution in [0.3, 0.4) is 0 Å². The zero-order valence-electron chi connectivity index (χ0n) is 15.7. The van der Waals surface area contributed by atoms with Crippen molar-refractivity contribution in [3.8, 4) is 5.69 Å². The molecule has 1 saturated heterocycles. The Labute approximate surface area is 176 Å². The lowest BCUT2D eigenvalue weighted by molar-refractivity contribution is -0.121. The van der Waals surface area contributed by atoms with Crippen molar-refractivity contribution < 1.29 is 9.59 Å². The zero-order chi connectivity index (χ0) is 20.2. The maximum atomic E-state index is 12.8. The predicted octanol–water partition coefficient (Wildman–Crippen LogP) is 3.52. The van der Waals surface area contributed by atoms with Crippen LogP contribution < -0.4 is 5.32 Å². The van der Waals surface area contributed by atoms with E-state index in [0.29, 0.717) is 37.3 Å². The zero-order valence-corrected chi connectivity index (χ0v) is 17.2. The van der Waals surface area contributed by atoms with Crippen molar-refractivity contribution in [1.29, 1.82) is 0 Å². The fourth-order valence-electron chi connectivity index (χ4n) is 3.36. The van der Waals surface area contributed by atoms with Gasteiger partial charge in [-0.1, -0.05) is 22.0 Å². The number of aromatic nitrogens is 3. The van der Waals surface area contributed by atoms with Gasteiger partial charge >= 0.3 is 0 Å². The maximum absolute atomic E-state index is 12.8. The Morgan fingerprint density at radius 1 is 1.07 bits per heavy atom. The van der Waals surface area contributed by atoms with Gasteiger partial charge in [-0.05, 0) is 49.2 Å². The standard InChI is InChI=1S/C21H20BrN5O2/c22-17-4-6-18(7-5-17)27-14-16(13-24-27)21(29)26-11-8-15(9-12-26)20(28)25-19-3-1-2-10-23-19/h1-7,10,13-15H,8-9,11-12H2,(H,23,25,28). The van der Waals surface area contributed by atoms with Gasteiger partial charge in [0, 0.05) is 35.9 Å². The lowest BCUT2D eigenvalue weighted by Gasteiger charge is -2.31. The van der Waals surface area contributed by atoms with Gasteiger partial charge in [0.1, 0.15) is 5.82 Å². The molecular formula is C21H20BrN5O2. The highest BCUT2D eigenvalue weighted by molar-refractivity contribution is 9.10. The minimum absolute atomic E-state index is 0.0427. The predicted molar refractivity (Wildman–Crippen MR) is 113 cm³/mol. The Hall–Kier alpha value is -3.00. The number of carbonyl (C=O) groups is 2. The van der Waals surface area contributed by atoms with Crippen molar-refractivity contribution in [3.63, 3.8) is 0 Å². The largest absolute Gasteiger partial charge is 0.339 e. The van der Waals surface area contributed by atoms with E-state index in [9.17, 15) is 9.59 Å². The van der Waals surface area contributed by atoms with E-state index < -0.39 is 0 Å². The highest BCUT2D eigenvalue weighted by Crippen LogP contribution is 2.21. The van der Waals surface area contributed by atoms with Gasteiger partial charge in [0.25, 0.3) is 5.91 Å². The molecule has 2 aromatic heterocycles. The molecular weight excluding hydrogens is 434 g/mol. The Kier molecular flexibility index (Phi) is 5.71. The van der Waals surface area contributed by atoms with E-state index in [1.165, 1.54) is 0 Å². The number of piperidine rings is 1. The minimum Gasteiger partial charge on any atom is -0.339 e. The van der Waals surface area contributed by atoms with Gasteiger partial charge in [-0.3, -0.25) is 9.59 Å². The van der Waals surface area contributed by atoms with E-state index in [0.717, 1.165) is 10.2 Å². The average Bonchev–Trinajstić information content (AvgIpc) is 3.25. The highest BCUT2D eigenvalue weighted by atomic mass is 79.9. The molecule has 3 aromatic rings. The summed E-state index contributed by atoms with van der Waals surface area (Å²) in [5, 5.41) is 7.15. The molecule has 4 rings (SSSR count). The molecule has 29 heavy (non-hydrogen) atoms. The van der Waals surface area contributed by atoms with E-state index in [1.807, 2.05) is 30.3 Å². The quantitative estimate of drug-likeness (QED) is 0.655. The first-order valence-electron chi connectivity index (χ1n) is 9.42. The number of hydrogen-bond donors (Lipinski definition) is 1. The summed E-state index contributed by atoms with van der Waals surface area (Å²) in [6.45, 7) is 1.09. The van der Waals surface area contributed by atoms with Crippen molar-refractivity contribution in [2.45, 2.75) is 12.8 Å². The van der Waals surface area contributed by atoms with Crippen molar-refractivity contribution in [1.82, 2.24) is 19.7 Å². The third-order valence-electron chi connectivity index (χ3n) is 4.99. The molecule has 0 radical (unpaired) electrons. The van der Waals surface area contributed by atoms with Gasteiger partial charge < -0.3 is 10.2 Å². The molecule has 0 spiro atoms. The van der Waals surface area contributed by atoms with Crippen LogP contribution in [0.1, 0.15) is 23.2 Å². The molecule has 0 aliphatic carbocycles. The van der Waals surface area contributed by atoms with E-state index in [4.69, 9.17) is 0 Å². The summed E-state index contributed by atoms with van der Waals surface area (Å²) in [7, 11) is 0. The number of hydrogen-bond acceptors (Lipinski definition) is 4. The summed E-state index contributed by atoms with van der Waals surface area (Å²) in [5.74, 6) is 0.332. The molecule has 2 amide bonds. The Balaban J connectivity index is 1.34. The second kappa shape index (κ2) is 8.57. The van der Waals surface area contributed by atoms with Crippen LogP contribution in [0.2, 0.25) is 0 Å². The van der Waals surface area contributed by atoms with E-state index in [1.54, 1.807) is 40.3 Å². The first-order chi connectivity index (χ1) is 14.1. The van der Waals surface area contributed by atoms with E-state index in [-0.39, 0.29) is 17.7 Å². The lowest BCUT2D eigenvalue weighted by atomic mass is 9.95. The molecule has 1 N–H and O–H groups in total. The third kappa shape index (κ3) is 4.54. The smallest absolute Gasteiger partial charge is 0.257 e. The number of carbonyl (C=O) groups excluding carboxylic acids is 2. The number of pyridine rings is 1. The molecule has 8 heteroatoms. The molecule has 148 valence electrons. The SMILES string of the molecule is O=C(Nc1ccccn1)C1CCN(C(=O)c2cnn(-c3ccc(Br)cc3)c2)CC1. The van der Waals surface area contributed by atoms with Gasteiger partial charge in [-0.15, -0.1) is 0 Å². The van der Waals surface area contributed by atoms with Crippen molar-refractivity contribution >= 4 is 33.6 Å². The second-order valence-electron chi connectivity index (χ2n) is 6.92. The number of likely N-dealkylation sites (tertiary alicyclic amines) is 1. The van der Waals surface area contributed by atoms with E-state index >= 15 is 0 Å². The van der Waals surface area contributed by atoms with Crippen LogP contribution in [-0.2, 0) is 4.79 Å². The number of halogens is 1. The summed E-state index contributed by atoms with van der Waals surface area (Å²) in [5.41, 5.74) is 1.43. The number of anilines is 1. The molecule has 0 unspecified atom stereocenters. The van der Waals surface area contributed by atoms with Crippen molar-refractivity contribution in [2.24, 2.45) is 5.92 Å². The second-order valence-corrected chi connectivity index (χ2v) is 7.84. The first kappa shape index (κ1) is 19.3. The lowest BCUT2D eigenvalue weighted by Crippen LogP contribution is -2.41. The van der Waals surface area contributed by atoms with Crippen LogP contribution in [0.5, 0.6) is 0 Å². The molecule has 1 fully saturated rings. The molecule has 3 heterocycles. The first-order valence-corrected chi connectivity index (χ1v) is 10.2. The summed E-state index contributed by atoms with van der Waals surface area (Å²) in [4.78, 5) is 31.2. The molecule has 1 aliphatic rings. The van der Waals surface area contributed by atoms with Crippen LogP contribution in [0.15, 0.2) is 65.5 Å². The Morgan fingerprint density at radius 3 is 2.52 bits per heavy atom. The molecule has 1 aromatic carbocycles. The van der Waals surface area contributed by atoms with Crippen molar-refractivity contribution in [2.75, 3.05) is 18.4 Å². The van der Waals surface area contributed by atoms with Gasteiger partial charge in [0.2, 0.25) is 5.91 Å². The number of nitrogens with one attached hydrogen (secondary N) is 1. The van der Waals surface area contributed by atoms with Crippen LogP contribution in [0.25, 0.3) is 5.69 Å². The summed E-state index contributed by atoms with van der Waals surface area (Å²) in [6.07, 6.45) is 6.23. The normalized spacial score (nSPS) is 14.6. The van der Waals surface area contributed by atoms with Crippen LogP contribution in [0, 0.1) is 5.92 Å². The van der Waals surface area contributed by atoms with Crippen LogP contribution in [-0.4, -0.2) is 44.6 Å². The summed E-state index contributed by atoms with van der Waals surface area (Å²) < 4.78 is 2.67. The van der Waals surface area contributed by atoms with Gasteiger partial charge in [-0.25, -0.2) is 9.67 Å². The fraction of sp³-hybridized carbons (Fsp3) is 0.238. The third-order valence-corrected chi connectivity index (χ3v) is 5.52. The maximum Gasteiger partial charge on any atom is 0.257 e. The number of rotatable bonds is 4. The van der Waals surface area contributed by atoms with Gasteiger partial charge in [0.05, 0.1) is 17.4 Å². The molecule has 0 atom stereocenters. The fourth-order valence-corrected chi connectivity index (χ4v) is 3.62. The highest BCUT2D eigenvalue weighted by Gasteiger charge is 2.28. The van der Waals surface area contributed by atoms with E-state index in [2.05, 4.69) is 31.3 Å². The topological polar surface area (TPSA) is 80.1 Å². The average molecular weight is 454 g/mol. The van der Waals surface area contributed by atoms with Gasteiger partial charge in [0.15, 0.2) is 0 Å². The van der Waals surface area contributed by atoms with Crippen LogP contribution >= 0.6 is 15.9 Å². The Morgan fingerprint density at radius 2 is 1.83 bits per heavy atom. The summed E-state index contributed by atoms with van der Waals surface area (Å²) >= 11 is 3.41. The number of benzene rings is 1. The number of nitrogens with zero attached hydrogens (tertiary/aromatic N) is 4. The van der Waals surface area contributed by atoms with Crippen molar-refractivity contribution in [3.05, 3.63) is 71.1 Å². The monoisotopic (exact) mass is 453 g/mol. The van der Waals surface area contributed by atoms with Crippen LogP contribution in [0.4, 0.5) is 5.82 Å². The Bertz CT molecular complexity index is 995. The molecule has 0 bridgehead atoms. The molecule has 7 nitrogen and oxygen atoms in total. The minimum atomic E-state index is -0.119. The molecule has 0 saturated carbocycles. The summed E-state index contributed by atoms with van der Waals surface area (Å²) in [6, 6.07) is 13.1.